The fraction of sp³-hybridized carbons (Fsp3) is 0.176. The van der Waals surface area contributed by atoms with E-state index in [0.717, 1.165) is 9.87 Å². The number of amides is 1. The fourth-order valence-corrected chi connectivity index (χ4v) is 4.50. The van der Waals surface area contributed by atoms with E-state index in [0.29, 0.717) is 11.3 Å². The van der Waals surface area contributed by atoms with E-state index < -0.39 is 22.0 Å². The summed E-state index contributed by atoms with van der Waals surface area (Å²) in [5.41, 5.74) is 7.05. The lowest BCUT2D eigenvalue weighted by atomic mass is 10.1. The van der Waals surface area contributed by atoms with Gasteiger partial charge in [-0.25, -0.2) is 8.42 Å². The lowest BCUT2D eigenvalue weighted by Gasteiger charge is -2.25. The average Bonchev–Trinajstić information content (AvgIpc) is 2.95. The Hall–Kier alpha value is -2.67. The molecule has 0 aromatic heterocycles. The van der Waals surface area contributed by atoms with Gasteiger partial charge in [-0.15, -0.1) is 0 Å². The zero-order valence-corrected chi connectivity index (χ0v) is 13.8. The van der Waals surface area contributed by atoms with E-state index in [1.54, 1.807) is 24.3 Å². The molecule has 2 aromatic rings. The number of anilines is 1. The molecule has 24 heavy (non-hydrogen) atoms. The molecule has 0 radical (unpaired) electrons. The molecule has 2 aromatic carbocycles. The van der Waals surface area contributed by atoms with Crippen LogP contribution < -0.4 is 10.0 Å². The summed E-state index contributed by atoms with van der Waals surface area (Å²) >= 11 is 0. The molecule has 3 rings (SSSR count). The molecular formula is C17H16N2O4S. The second-order valence-electron chi connectivity index (χ2n) is 5.63. The molecule has 0 saturated carbocycles. The molecule has 1 aliphatic heterocycles. The zero-order valence-electron chi connectivity index (χ0n) is 13.0. The largest absolute Gasteiger partial charge is 0.368 e. The van der Waals surface area contributed by atoms with Gasteiger partial charge in [0, 0.05) is 12.0 Å². The Labute approximate surface area is 139 Å². The van der Waals surface area contributed by atoms with Crippen molar-refractivity contribution >= 4 is 27.4 Å². The van der Waals surface area contributed by atoms with Crippen molar-refractivity contribution in [1.82, 2.24) is 0 Å². The predicted octanol–water partition coefficient (Wildman–Crippen LogP) is 1.49. The van der Waals surface area contributed by atoms with Gasteiger partial charge < -0.3 is 5.73 Å². The first kappa shape index (κ1) is 16.2. The van der Waals surface area contributed by atoms with Gasteiger partial charge in [0.25, 0.3) is 10.0 Å². The van der Waals surface area contributed by atoms with Crippen LogP contribution in [0.25, 0.3) is 0 Å². The van der Waals surface area contributed by atoms with Gasteiger partial charge in [0.05, 0.1) is 10.6 Å². The summed E-state index contributed by atoms with van der Waals surface area (Å²) in [4.78, 5) is 23.1. The molecular weight excluding hydrogens is 328 g/mol. The monoisotopic (exact) mass is 344 g/mol. The highest BCUT2D eigenvalue weighted by atomic mass is 32.2. The molecule has 1 unspecified atom stereocenters. The van der Waals surface area contributed by atoms with Gasteiger partial charge in [-0.2, -0.15) is 0 Å². The SMILES string of the molecule is CC(=O)c1ccc(S(=O)(=O)N2c3ccccc3CC2C(N)=O)cc1. The van der Waals surface area contributed by atoms with Crippen molar-refractivity contribution < 1.29 is 18.0 Å². The molecule has 7 heteroatoms. The summed E-state index contributed by atoms with van der Waals surface area (Å²) in [6, 6.07) is 11.6. The van der Waals surface area contributed by atoms with E-state index in [4.69, 9.17) is 5.73 Å². The minimum atomic E-state index is -3.97. The van der Waals surface area contributed by atoms with Crippen LogP contribution in [-0.4, -0.2) is 26.2 Å². The number of hydrogen-bond acceptors (Lipinski definition) is 4. The van der Waals surface area contributed by atoms with E-state index in [1.807, 2.05) is 0 Å². The maximum Gasteiger partial charge on any atom is 0.265 e. The summed E-state index contributed by atoms with van der Waals surface area (Å²) in [5.74, 6) is -0.851. The number of para-hydroxylation sites is 1. The second-order valence-corrected chi connectivity index (χ2v) is 7.45. The van der Waals surface area contributed by atoms with Gasteiger partial charge in [-0.3, -0.25) is 13.9 Å². The minimum Gasteiger partial charge on any atom is -0.368 e. The van der Waals surface area contributed by atoms with Crippen LogP contribution in [0.4, 0.5) is 5.69 Å². The van der Waals surface area contributed by atoms with Crippen molar-refractivity contribution in [2.45, 2.75) is 24.3 Å². The Kier molecular flexibility index (Phi) is 3.88. The molecule has 0 fully saturated rings. The maximum atomic E-state index is 13.0. The second kappa shape index (κ2) is 5.76. The number of benzene rings is 2. The molecule has 124 valence electrons. The Morgan fingerprint density at radius 3 is 2.29 bits per heavy atom. The Morgan fingerprint density at radius 1 is 1.08 bits per heavy atom. The van der Waals surface area contributed by atoms with Gasteiger partial charge in [0.15, 0.2) is 5.78 Å². The third kappa shape index (κ3) is 2.56. The molecule has 6 nitrogen and oxygen atoms in total. The first-order valence-electron chi connectivity index (χ1n) is 7.35. The van der Waals surface area contributed by atoms with Crippen molar-refractivity contribution in [2.75, 3.05) is 4.31 Å². The molecule has 0 spiro atoms. The number of fused-ring (bicyclic) bond motifs is 1. The summed E-state index contributed by atoms with van der Waals surface area (Å²) in [6.45, 7) is 1.41. The minimum absolute atomic E-state index is 0.00968. The lowest BCUT2D eigenvalue weighted by Crippen LogP contribution is -2.45. The molecule has 1 aliphatic rings. The highest BCUT2D eigenvalue weighted by Crippen LogP contribution is 2.36. The quantitative estimate of drug-likeness (QED) is 0.850. The van der Waals surface area contributed by atoms with Crippen molar-refractivity contribution in [2.24, 2.45) is 5.73 Å². The number of carbonyl (C=O) groups excluding carboxylic acids is 2. The van der Waals surface area contributed by atoms with Crippen LogP contribution in [0.5, 0.6) is 0 Å². The zero-order chi connectivity index (χ0) is 17.5. The fourth-order valence-electron chi connectivity index (χ4n) is 2.85. The van der Waals surface area contributed by atoms with Gasteiger partial charge in [-0.05, 0) is 30.7 Å². The van der Waals surface area contributed by atoms with Crippen LogP contribution >= 0.6 is 0 Å². The number of carbonyl (C=O) groups is 2. The number of ketones is 1. The van der Waals surface area contributed by atoms with E-state index >= 15 is 0 Å². The summed E-state index contributed by atoms with van der Waals surface area (Å²) in [7, 11) is -3.97. The van der Waals surface area contributed by atoms with Crippen LogP contribution in [-0.2, 0) is 21.2 Å². The third-order valence-electron chi connectivity index (χ3n) is 4.07. The van der Waals surface area contributed by atoms with Crippen molar-refractivity contribution in [1.29, 1.82) is 0 Å². The first-order chi connectivity index (χ1) is 11.3. The number of Topliss-reactive ketones (excluding diaryl/α,β-unsaturated/α-hetero) is 1. The molecule has 0 saturated heterocycles. The number of rotatable bonds is 4. The molecule has 0 aliphatic carbocycles. The lowest BCUT2D eigenvalue weighted by molar-refractivity contribution is -0.118. The number of hydrogen-bond donors (Lipinski definition) is 1. The van der Waals surface area contributed by atoms with Gasteiger partial charge in [0.1, 0.15) is 6.04 Å². The number of nitrogens with zero attached hydrogens (tertiary/aromatic N) is 1. The normalized spacial score (nSPS) is 16.7. The molecule has 1 amide bonds. The van der Waals surface area contributed by atoms with E-state index in [-0.39, 0.29) is 17.1 Å². The van der Waals surface area contributed by atoms with Gasteiger partial charge >= 0.3 is 0 Å². The third-order valence-corrected chi connectivity index (χ3v) is 5.91. The van der Waals surface area contributed by atoms with Crippen LogP contribution in [0.15, 0.2) is 53.4 Å². The molecule has 0 bridgehead atoms. The highest BCUT2D eigenvalue weighted by Gasteiger charge is 2.41. The average molecular weight is 344 g/mol. The summed E-state index contributed by atoms with van der Waals surface area (Å²) in [5, 5.41) is 0. The topological polar surface area (TPSA) is 97.5 Å². The maximum absolute atomic E-state index is 13.0. The van der Waals surface area contributed by atoms with Crippen LogP contribution in [0.1, 0.15) is 22.8 Å². The van der Waals surface area contributed by atoms with Crippen LogP contribution in [0, 0.1) is 0 Å². The first-order valence-corrected chi connectivity index (χ1v) is 8.79. The van der Waals surface area contributed by atoms with E-state index in [9.17, 15) is 18.0 Å². The molecule has 1 atom stereocenters. The van der Waals surface area contributed by atoms with E-state index in [2.05, 4.69) is 0 Å². The summed E-state index contributed by atoms with van der Waals surface area (Å²) in [6.07, 6.45) is 0.246. The van der Waals surface area contributed by atoms with E-state index in [1.165, 1.54) is 31.2 Å². The molecule has 1 heterocycles. The number of nitrogens with two attached hydrogens (primary N) is 1. The van der Waals surface area contributed by atoms with Crippen molar-refractivity contribution in [3.63, 3.8) is 0 Å². The Morgan fingerprint density at radius 2 is 1.71 bits per heavy atom. The standard InChI is InChI=1S/C17H16N2O4S/c1-11(20)12-6-8-14(9-7-12)24(22,23)19-15-5-3-2-4-13(15)10-16(19)17(18)21/h2-9,16H,10H2,1H3,(H2,18,21). The summed E-state index contributed by atoms with van der Waals surface area (Å²) < 4.78 is 27.1. The highest BCUT2D eigenvalue weighted by molar-refractivity contribution is 7.93. The Balaban J connectivity index is 2.10. The number of primary amides is 1. The number of sulfonamides is 1. The smallest absolute Gasteiger partial charge is 0.265 e. The van der Waals surface area contributed by atoms with Gasteiger partial charge in [0.2, 0.25) is 5.91 Å². The van der Waals surface area contributed by atoms with Crippen LogP contribution in [0.3, 0.4) is 0 Å². The Bertz CT molecular complexity index is 920. The van der Waals surface area contributed by atoms with Crippen molar-refractivity contribution in [3.8, 4) is 0 Å². The predicted molar refractivity (Wildman–Crippen MR) is 89.2 cm³/mol. The van der Waals surface area contributed by atoms with Crippen molar-refractivity contribution in [3.05, 3.63) is 59.7 Å². The molecule has 2 N–H and O–H groups in total. The van der Waals surface area contributed by atoms with Crippen LogP contribution in [0.2, 0.25) is 0 Å². The van der Waals surface area contributed by atoms with Gasteiger partial charge in [-0.1, -0.05) is 30.3 Å².